The maximum Gasteiger partial charge on any atom is 0.251 e. The summed E-state index contributed by atoms with van der Waals surface area (Å²) in [5, 5.41) is 12.6. The number of carbonyl (C=O) groups is 1. The molecule has 8 heteroatoms. The largest absolute Gasteiger partial charge is 0.369 e. The van der Waals surface area contributed by atoms with Gasteiger partial charge in [-0.15, -0.1) is 0 Å². The molecule has 1 aromatic carbocycles. The van der Waals surface area contributed by atoms with Crippen LogP contribution in [-0.4, -0.2) is 44.5 Å². The third-order valence-corrected chi connectivity index (χ3v) is 5.73. The van der Waals surface area contributed by atoms with Gasteiger partial charge in [-0.25, -0.2) is 14.6 Å². The molecule has 0 bridgehead atoms. The van der Waals surface area contributed by atoms with Crippen molar-refractivity contribution in [1.82, 2.24) is 25.1 Å². The number of thioether (sulfide) groups is 1. The molecule has 2 aromatic heterocycles. The van der Waals surface area contributed by atoms with Crippen LogP contribution in [0.5, 0.6) is 0 Å². The first kappa shape index (κ1) is 23.1. The Morgan fingerprint density at radius 2 is 1.90 bits per heavy atom. The number of fused-ring (bicyclic) bond motifs is 1. The molecule has 0 aliphatic heterocycles. The molecule has 0 saturated carbocycles. The second-order valence-corrected chi connectivity index (χ2v) is 9.28. The Morgan fingerprint density at radius 1 is 1.16 bits per heavy atom. The summed E-state index contributed by atoms with van der Waals surface area (Å²) in [6, 6.07) is 5.87. The van der Waals surface area contributed by atoms with Crippen molar-refractivity contribution in [2.24, 2.45) is 5.92 Å². The van der Waals surface area contributed by atoms with E-state index in [1.165, 1.54) is 0 Å². The van der Waals surface area contributed by atoms with E-state index in [0.29, 0.717) is 24.6 Å². The lowest BCUT2D eigenvalue weighted by molar-refractivity contribution is 0.0952. The second kappa shape index (κ2) is 10.6. The lowest BCUT2D eigenvalue weighted by atomic mass is 10.1. The lowest BCUT2D eigenvalue weighted by Gasteiger charge is -2.11. The van der Waals surface area contributed by atoms with E-state index in [2.05, 4.69) is 42.6 Å². The Morgan fingerprint density at radius 3 is 2.58 bits per heavy atom. The van der Waals surface area contributed by atoms with Gasteiger partial charge >= 0.3 is 0 Å². The number of hydrogen-bond donors (Lipinski definition) is 2. The highest BCUT2D eigenvalue weighted by Crippen LogP contribution is 2.25. The van der Waals surface area contributed by atoms with Crippen LogP contribution in [0.25, 0.3) is 11.0 Å². The summed E-state index contributed by atoms with van der Waals surface area (Å²) in [5.74, 6) is 2.22. The van der Waals surface area contributed by atoms with Crippen LogP contribution in [0.3, 0.4) is 0 Å². The Kier molecular flexibility index (Phi) is 7.90. The molecule has 0 aliphatic rings. The van der Waals surface area contributed by atoms with Gasteiger partial charge in [-0.1, -0.05) is 49.7 Å². The number of nitrogens with zero attached hydrogens (tertiary/aromatic N) is 4. The molecule has 0 aliphatic carbocycles. The van der Waals surface area contributed by atoms with Crippen LogP contribution in [0.1, 0.15) is 48.7 Å². The number of rotatable bonds is 10. The third kappa shape index (κ3) is 6.19. The van der Waals surface area contributed by atoms with E-state index >= 15 is 0 Å². The Labute approximate surface area is 188 Å². The van der Waals surface area contributed by atoms with Gasteiger partial charge in [-0.2, -0.15) is 5.10 Å². The number of nitrogens with one attached hydrogen (secondary N) is 2. The molecular formula is C23H32N6OS. The zero-order chi connectivity index (χ0) is 22.4. The number of anilines is 1. The predicted molar refractivity (Wildman–Crippen MR) is 128 cm³/mol. The quantitative estimate of drug-likeness (QED) is 0.358. The number of aromatic nitrogens is 4. The van der Waals surface area contributed by atoms with Gasteiger partial charge in [0.2, 0.25) is 0 Å². The average molecular weight is 441 g/mol. The van der Waals surface area contributed by atoms with E-state index in [-0.39, 0.29) is 5.91 Å². The van der Waals surface area contributed by atoms with E-state index in [0.717, 1.165) is 51.9 Å². The summed E-state index contributed by atoms with van der Waals surface area (Å²) >= 11 is 1.65. The molecular weight excluding hydrogens is 408 g/mol. The van der Waals surface area contributed by atoms with Gasteiger partial charge in [0.25, 0.3) is 5.91 Å². The van der Waals surface area contributed by atoms with E-state index in [9.17, 15) is 4.79 Å². The molecule has 3 rings (SSSR count). The summed E-state index contributed by atoms with van der Waals surface area (Å²) in [6.07, 6.45) is 2.86. The van der Waals surface area contributed by atoms with Gasteiger partial charge < -0.3 is 10.6 Å². The molecule has 3 aromatic rings. The second-order valence-electron chi connectivity index (χ2n) is 8.22. The molecule has 0 radical (unpaired) electrons. The van der Waals surface area contributed by atoms with Crippen molar-refractivity contribution in [3.63, 3.8) is 0 Å². The first-order valence-electron chi connectivity index (χ1n) is 10.8. The monoisotopic (exact) mass is 440 g/mol. The maximum atomic E-state index is 12.5. The highest BCUT2D eigenvalue weighted by atomic mass is 32.2. The van der Waals surface area contributed by atoms with Gasteiger partial charge in [-0.05, 0) is 38.3 Å². The van der Waals surface area contributed by atoms with Crippen molar-refractivity contribution in [3.8, 4) is 0 Å². The number of aryl methyl sites for hydroxylation is 2. The van der Waals surface area contributed by atoms with Gasteiger partial charge in [0.05, 0.1) is 18.1 Å². The van der Waals surface area contributed by atoms with E-state index in [1.807, 2.05) is 30.7 Å². The van der Waals surface area contributed by atoms with Gasteiger partial charge in [0.1, 0.15) is 5.82 Å². The molecule has 0 saturated heterocycles. The fourth-order valence-corrected chi connectivity index (χ4v) is 3.97. The van der Waals surface area contributed by atoms with Crippen molar-refractivity contribution in [1.29, 1.82) is 0 Å². The predicted octanol–water partition coefficient (Wildman–Crippen LogP) is 4.44. The lowest BCUT2D eigenvalue weighted by Crippen LogP contribution is -2.27. The minimum absolute atomic E-state index is 0.0728. The fraction of sp³-hybridized carbons (Fsp3) is 0.478. The van der Waals surface area contributed by atoms with Crippen LogP contribution in [0.4, 0.5) is 5.82 Å². The molecule has 0 unspecified atom stereocenters. The molecule has 2 heterocycles. The summed E-state index contributed by atoms with van der Waals surface area (Å²) in [4.78, 5) is 22.0. The minimum Gasteiger partial charge on any atom is -0.369 e. The van der Waals surface area contributed by atoms with Crippen molar-refractivity contribution in [2.75, 3.05) is 24.2 Å². The summed E-state index contributed by atoms with van der Waals surface area (Å²) in [7, 11) is 0. The van der Waals surface area contributed by atoms with E-state index in [1.54, 1.807) is 18.0 Å². The van der Waals surface area contributed by atoms with Crippen molar-refractivity contribution >= 4 is 34.5 Å². The molecule has 0 fully saturated rings. The molecule has 0 atom stereocenters. The molecule has 2 N–H and O–H groups in total. The fourth-order valence-electron chi connectivity index (χ4n) is 3.28. The molecule has 31 heavy (non-hydrogen) atoms. The highest BCUT2D eigenvalue weighted by Gasteiger charge is 2.14. The van der Waals surface area contributed by atoms with Crippen molar-refractivity contribution in [2.45, 2.75) is 52.7 Å². The first-order valence-corrected chi connectivity index (χ1v) is 11.8. The van der Waals surface area contributed by atoms with Crippen molar-refractivity contribution in [3.05, 3.63) is 41.1 Å². The van der Waals surface area contributed by atoms with Crippen molar-refractivity contribution < 1.29 is 4.79 Å². The molecule has 166 valence electrons. The van der Waals surface area contributed by atoms with Gasteiger partial charge in [0, 0.05) is 24.4 Å². The van der Waals surface area contributed by atoms with Crippen LogP contribution in [-0.2, 0) is 6.54 Å². The zero-order valence-electron chi connectivity index (χ0n) is 19.0. The summed E-state index contributed by atoms with van der Waals surface area (Å²) in [6.45, 7) is 12.3. The normalized spacial score (nSPS) is 11.3. The van der Waals surface area contributed by atoms with Gasteiger partial charge in [-0.3, -0.25) is 4.79 Å². The highest BCUT2D eigenvalue weighted by molar-refractivity contribution is 7.99. The summed E-state index contributed by atoms with van der Waals surface area (Å²) < 4.78 is 1.84. The van der Waals surface area contributed by atoms with Crippen LogP contribution in [0.15, 0.2) is 29.6 Å². The maximum absolute atomic E-state index is 12.5. The summed E-state index contributed by atoms with van der Waals surface area (Å²) in [5.41, 5.74) is 3.64. The number of benzene rings is 1. The third-order valence-electron chi connectivity index (χ3n) is 4.68. The van der Waals surface area contributed by atoms with E-state index < -0.39 is 0 Å². The van der Waals surface area contributed by atoms with Crippen LogP contribution in [0.2, 0.25) is 0 Å². The van der Waals surface area contributed by atoms with Crippen LogP contribution >= 0.6 is 11.8 Å². The topological polar surface area (TPSA) is 84.7 Å². The number of amides is 1. The zero-order valence-corrected chi connectivity index (χ0v) is 19.8. The van der Waals surface area contributed by atoms with Crippen LogP contribution < -0.4 is 10.6 Å². The number of carbonyl (C=O) groups excluding carboxylic acids is 1. The Balaban J connectivity index is 1.75. The molecule has 0 spiro atoms. The minimum atomic E-state index is -0.0728. The average Bonchev–Trinajstić information content (AvgIpc) is 3.12. The smallest absolute Gasteiger partial charge is 0.251 e. The SMILES string of the molecule is CCCSc1nc(NCC(C)C)c2cnn(CCNC(=O)c3cc(C)cc(C)c3)c2n1. The Bertz CT molecular complexity index is 1030. The first-order chi connectivity index (χ1) is 14.9. The van der Waals surface area contributed by atoms with Gasteiger partial charge in [0.15, 0.2) is 10.8 Å². The van der Waals surface area contributed by atoms with E-state index in [4.69, 9.17) is 9.97 Å². The standard InChI is InChI=1S/C23H32N6OS/c1-6-9-31-23-27-20(25-13-15(2)3)19-14-26-29(21(19)28-23)8-7-24-22(30)18-11-16(4)10-17(5)12-18/h10-12,14-15H,6-9,13H2,1-5H3,(H,24,30)(H,25,27,28). The van der Waals surface area contributed by atoms with Crippen LogP contribution in [0, 0.1) is 19.8 Å². The number of hydrogen-bond acceptors (Lipinski definition) is 6. The molecule has 7 nitrogen and oxygen atoms in total. The molecule has 1 amide bonds. The Hall–Kier alpha value is -2.61.